The van der Waals surface area contributed by atoms with Crippen LogP contribution in [-0.2, 0) is 19.5 Å². The quantitative estimate of drug-likeness (QED) is 0.888. The van der Waals surface area contributed by atoms with Crippen molar-refractivity contribution in [3.8, 4) is 0 Å². The Morgan fingerprint density at radius 1 is 1.19 bits per heavy atom. The summed E-state index contributed by atoms with van der Waals surface area (Å²) in [6, 6.07) is 0. The second-order valence-electron chi connectivity index (χ2n) is 3.39. The van der Waals surface area contributed by atoms with E-state index in [1.807, 2.05) is 13.1 Å². The van der Waals surface area contributed by atoms with Gasteiger partial charge >= 0.3 is 0 Å². The van der Waals surface area contributed by atoms with Crippen LogP contribution in [0.25, 0.3) is 0 Å². The second kappa shape index (κ2) is 5.47. The van der Waals surface area contributed by atoms with Crippen LogP contribution in [0.2, 0.25) is 0 Å². The summed E-state index contributed by atoms with van der Waals surface area (Å²) in [5.41, 5.74) is 0. The van der Waals surface area contributed by atoms with Crippen molar-refractivity contribution in [2.24, 2.45) is 0 Å². The van der Waals surface area contributed by atoms with E-state index in [0.29, 0.717) is 0 Å². The maximum atomic E-state index is 4.32. The van der Waals surface area contributed by atoms with Crippen LogP contribution in [0.1, 0.15) is 26.8 Å². The maximum absolute atomic E-state index is 4.32. The minimum absolute atomic E-state index is 0.783. The van der Waals surface area contributed by atoms with E-state index in [1.165, 1.54) is 9.88 Å². The predicted octanol–water partition coefficient (Wildman–Crippen LogP) is 2.16. The molecule has 2 heterocycles. The van der Waals surface area contributed by atoms with Crippen molar-refractivity contribution in [3.63, 3.8) is 0 Å². The molecule has 16 heavy (non-hydrogen) atoms. The van der Waals surface area contributed by atoms with Gasteiger partial charge in [-0.1, -0.05) is 6.92 Å². The van der Waals surface area contributed by atoms with Gasteiger partial charge in [-0.2, -0.15) is 0 Å². The molecule has 0 radical (unpaired) electrons. The van der Waals surface area contributed by atoms with Crippen LogP contribution in [-0.4, -0.2) is 15.2 Å². The van der Waals surface area contributed by atoms with Gasteiger partial charge in [0, 0.05) is 17.6 Å². The average Bonchev–Trinajstić information content (AvgIpc) is 2.88. The molecule has 2 rings (SSSR count). The Bertz CT molecular complexity index is 449. The Morgan fingerprint density at radius 2 is 2.06 bits per heavy atom. The fraction of sp³-hybridized carbons (Fsp3) is 0.500. The Labute approximate surface area is 103 Å². The predicted molar refractivity (Wildman–Crippen MR) is 66.7 cm³/mol. The molecule has 0 saturated heterocycles. The van der Waals surface area contributed by atoms with Crippen LogP contribution in [0.15, 0.2) is 6.20 Å². The molecule has 0 atom stereocenters. The third-order valence-electron chi connectivity index (χ3n) is 2.05. The molecular weight excluding hydrogens is 240 g/mol. The monoisotopic (exact) mass is 254 g/mol. The lowest BCUT2D eigenvalue weighted by atomic mass is 10.5. The van der Waals surface area contributed by atoms with Gasteiger partial charge in [0.1, 0.15) is 10.0 Å². The van der Waals surface area contributed by atoms with Gasteiger partial charge in [0.15, 0.2) is 0 Å². The fourth-order valence-corrected chi connectivity index (χ4v) is 2.81. The van der Waals surface area contributed by atoms with Crippen molar-refractivity contribution in [2.45, 2.75) is 33.4 Å². The summed E-state index contributed by atoms with van der Waals surface area (Å²) in [6.07, 6.45) is 2.96. The normalized spacial score (nSPS) is 10.9. The molecule has 0 unspecified atom stereocenters. The lowest BCUT2D eigenvalue weighted by Gasteiger charge is -1.97. The number of aryl methyl sites for hydroxylation is 2. The first-order chi connectivity index (χ1) is 7.78. The van der Waals surface area contributed by atoms with Crippen LogP contribution >= 0.6 is 22.7 Å². The van der Waals surface area contributed by atoms with Crippen molar-refractivity contribution < 1.29 is 0 Å². The van der Waals surface area contributed by atoms with Gasteiger partial charge in [-0.3, -0.25) is 0 Å². The highest BCUT2D eigenvalue weighted by atomic mass is 32.1. The molecule has 0 aliphatic heterocycles. The van der Waals surface area contributed by atoms with Crippen molar-refractivity contribution in [1.82, 2.24) is 20.5 Å². The number of aromatic nitrogens is 3. The molecule has 0 fully saturated rings. The van der Waals surface area contributed by atoms with Crippen LogP contribution in [0.4, 0.5) is 0 Å². The molecule has 0 aliphatic carbocycles. The van der Waals surface area contributed by atoms with E-state index in [2.05, 4.69) is 27.4 Å². The Kier molecular flexibility index (Phi) is 3.98. The van der Waals surface area contributed by atoms with Gasteiger partial charge in [-0.15, -0.1) is 32.9 Å². The largest absolute Gasteiger partial charge is 0.305 e. The molecule has 86 valence electrons. The molecule has 0 spiro atoms. The van der Waals surface area contributed by atoms with Gasteiger partial charge in [0.2, 0.25) is 0 Å². The number of thiazole rings is 1. The summed E-state index contributed by atoms with van der Waals surface area (Å²) in [5.74, 6) is 0. The highest BCUT2D eigenvalue weighted by Gasteiger charge is 2.02. The zero-order valence-corrected chi connectivity index (χ0v) is 11.0. The van der Waals surface area contributed by atoms with E-state index in [4.69, 9.17) is 0 Å². The molecule has 0 amide bonds. The number of nitrogens with one attached hydrogen (secondary N) is 1. The van der Waals surface area contributed by atoms with Crippen molar-refractivity contribution in [3.05, 3.63) is 26.1 Å². The zero-order valence-electron chi connectivity index (χ0n) is 9.36. The van der Waals surface area contributed by atoms with Crippen LogP contribution in [0, 0.1) is 6.92 Å². The topological polar surface area (TPSA) is 50.7 Å². The first-order valence-corrected chi connectivity index (χ1v) is 6.84. The Morgan fingerprint density at radius 3 is 2.69 bits per heavy atom. The highest BCUT2D eigenvalue weighted by molar-refractivity contribution is 7.11. The van der Waals surface area contributed by atoms with Crippen LogP contribution in [0.5, 0.6) is 0 Å². The molecule has 0 bridgehead atoms. The van der Waals surface area contributed by atoms with Crippen molar-refractivity contribution in [2.75, 3.05) is 0 Å². The van der Waals surface area contributed by atoms with E-state index >= 15 is 0 Å². The maximum Gasteiger partial charge on any atom is 0.131 e. The smallest absolute Gasteiger partial charge is 0.131 e. The summed E-state index contributed by atoms with van der Waals surface area (Å²) in [4.78, 5) is 5.59. The minimum atomic E-state index is 0.783. The number of nitrogens with zero attached hydrogens (tertiary/aromatic N) is 3. The lowest BCUT2D eigenvalue weighted by molar-refractivity contribution is 0.689. The van der Waals surface area contributed by atoms with Gasteiger partial charge in [-0.25, -0.2) is 4.98 Å². The van der Waals surface area contributed by atoms with Gasteiger partial charge in [0.05, 0.1) is 11.6 Å². The summed E-state index contributed by atoms with van der Waals surface area (Å²) in [7, 11) is 0. The Balaban J connectivity index is 1.79. The number of rotatable bonds is 5. The average molecular weight is 254 g/mol. The van der Waals surface area contributed by atoms with Gasteiger partial charge in [-0.05, 0) is 13.3 Å². The zero-order chi connectivity index (χ0) is 11.4. The summed E-state index contributed by atoms with van der Waals surface area (Å²) >= 11 is 3.40. The summed E-state index contributed by atoms with van der Waals surface area (Å²) in [6.45, 7) is 5.74. The van der Waals surface area contributed by atoms with Crippen LogP contribution in [0.3, 0.4) is 0 Å². The first-order valence-electron chi connectivity index (χ1n) is 5.21. The minimum Gasteiger partial charge on any atom is -0.305 e. The van der Waals surface area contributed by atoms with E-state index in [9.17, 15) is 0 Å². The summed E-state index contributed by atoms with van der Waals surface area (Å²) < 4.78 is 0. The molecule has 1 N–H and O–H groups in total. The van der Waals surface area contributed by atoms with Crippen molar-refractivity contribution >= 4 is 22.7 Å². The molecule has 0 aliphatic rings. The van der Waals surface area contributed by atoms with Gasteiger partial charge < -0.3 is 5.32 Å². The molecule has 2 aromatic heterocycles. The molecule has 0 saturated carbocycles. The van der Waals surface area contributed by atoms with E-state index in [0.717, 1.165) is 29.5 Å². The third-order valence-corrected chi connectivity index (χ3v) is 4.03. The molecular formula is C10H14N4S2. The SMILES string of the molecule is CCc1ncc(CNCc2nnc(C)s2)s1. The second-order valence-corrected chi connectivity index (χ2v) is 5.86. The van der Waals surface area contributed by atoms with Crippen molar-refractivity contribution in [1.29, 1.82) is 0 Å². The van der Waals surface area contributed by atoms with Crippen LogP contribution < -0.4 is 5.32 Å². The van der Waals surface area contributed by atoms with E-state index in [-0.39, 0.29) is 0 Å². The molecule has 2 aromatic rings. The number of hydrogen-bond donors (Lipinski definition) is 1. The number of hydrogen-bond acceptors (Lipinski definition) is 6. The molecule has 6 heteroatoms. The third kappa shape index (κ3) is 3.07. The molecule has 4 nitrogen and oxygen atoms in total. The highest BCUT2D eigenvalue weighted by Crippen LogP contribution is 2.13. The van der Waals surface area contributed by atoms with E-state index in [1.54, 1.807) is 22.7 Å². The lowest BCUT2D eigenvalue weighted by Crippen LogP contribution is -2.11. The fourth-order valence-electron chi connectivity index (χ4n) is 1.29. The van der Waals surface area contributed by atoms with E-state index < -0.39 is 0 Å². The molecule has 0 aromatic carbocycles. The summed E-state index contributed by atoms with van der Waals surface area (Å²) in [5, 5.41) is 14.6. The van der Waals surface area contributed by atoms with Gasteiger partial charge in [0.25, 0.3) is 0 Å². The Hall–Kier alpha value is -0.850. The first kappa shape index (κ1) is 11.6. The standard InChI is InChI=1S/C10H14N4S2/c1-3-9-12-5-8(16-9)4-11-6-10-14-13-7(2)15-10/h5,11H,3-4,6H2,1-2H3.